The van der Waals surface area contributed by atoms with Crippen LogP contribution in [0.4, 0.5) is 4.39 Å². The van der Waals surface area contributed by atoms with Gasteiger partial charge in [-0.1, -0.05) is 18.6 Å². The minimum absolute atomic E-state index is 0.0807. The first-order valence-electron chi connectivity index (χ1n) is 8.82. The average Bonchev–Trinajstić information content (AvgIpc) is 2.97. The molecule has 0 aliphatic carbocycles. The summed E-state index contributed by atoms with van der Waals surface area (Å²) in [5, 5.41) is 1.05. The van der Waals surface area contributed by atoms with Gasteiger partial charge >= 0.3 is 0 Å². The van der Waals surface area contributed by atoms with Gasteiger partial charge in [-0.05, 0) is 54.8 Å². The van der Waals surface area contributed by atoms with Crippen molar-refractivity contribution in [1.29, 1.82) is 0 Å². The minimum atomic E-state index is -0.217. The van der Waals surface area contributed by atoms with Crippen LogP contribution in [0.3, 0.4) is 0 Å². The molecule has 2 aromatic carbocycles. The molecular weight excluding hydrogens is 315 g/mol. The zero-order valence-electron chi connectivity index (χ0n) is 14.0. The van der Waals surface area contributed by atoms with Crippen LogP contribution in [0.15, 0.2) is 54.7 Å². The van der Waals surface area contributed by atoms with E-state index in [1.165, 1.54) is 12.1 Å². The van der Waals surface area contributed by atoms with E-state index in [1.54, 1.807) is 0 Å². The molecular formula is C21H21FN2O. The van der Waals surface area contributed by atoms with Crippen LogP contribution in [0.5, 0.6) is 0 Å². The molecule has 1 aliphatic rings. The van der Waals surface area contributed by atoms with Gasteiger partial charge in [0, 0.05) is 41.7 Å². The number of carbonyl (C=O) groups is 1. The molecule has 2 heterocycles. The number of hydrogen-bond donors (Lipinski definition) is 1. The first-order valence-corrected chi connectivity index (χ1v) is 8.82. The highest BCUT2D eigenvalue weighted by molar-refractivity contribution is 5.98. The van der Waals surface area contributed by atoms with Crippen LogP contribution < -0.4 is 0 Å². The lowest BCUT2D eigenvalue weighted by molar-refractivity contribution is 0.0754. The molecule has 1 unspecified atom stereocenters. The molecule has 1 aliphatic heterocycles. The van der Waals surface area contributed by atoms with Gasteiger partial charge in [0.15, 0.2) is 0 Å². The van der Waals surface area contributed by atoms with Crippen LogP contribution in [-0.2, 0) is 0 Å². The Kier molecular flexibility index (Phi) is 4.26. The predicted molar refractivity (Wildman–Crippen MR) is 97.2 cm³/mol. The number of benzene rings is 2. The largest absolute Gasteiger partial charge is 0.361 e. The molecule has 3 aromatic rings. The maximum atomic E-state index is 13.2. The van der Waals surface area contributed by atoms with Crippen molar-refractivity contribution >= 4 is 16.8 Å². The number of rotatable bonds is 2. The lowest BCUT2D eigenvalue weighted by atomic mass is 9.94. The summed E-state index contributed by atoms with van der Waals surface area (Å²) in [5.41, 5.74) is 2.88. The maximum absolute atomic E-state index is 13.2. The van der Waals surface area contributed by atoms with Crippen molar-refractivity contribution in [2.45, 2.75) is 25.2 Å². The van der Waals surface area contributed by atoms with Crippen LogP contribution in [0, 0.1) is 5.82 Å². The highest BCUT2D eigenvalue weighted by Gasteiger charge is 2.24. The van der Waals surface area contributed by atoms with E-state index in [9.17, 15) is 9.18 Å². The number of fused-ring (bicyclic) bond motifs is 1. The van der Waals surface area contributed by atoms with Gasteiger partial charge in [-0.15, -0.1) is 0 Å². The zero-order chi connectivity index (χ0) is 17.2. The van der Waals surface area contributed by atoms with Crippen molar-refractivity contribution in [1.82, 2.24) is 9.88 Å². The highest BCUT2D eigenvalue weighted by Crippen LogP contribution is 2.28. The van der Waals surface area contributed by atoms with Crippen LogP contribution in [-0.4, -0.2) is 28.9 Å². The van der Waals surface area contributed by atoms with E-state index in [1.807, 2.05) is 47.5 Å². The molecule has 1 N–H and O–H groups in total. The van der Waals surface area contributed by atoms with Crippen molar-refractivity contribution in [2.24, 2.45) is 0 Å². The SMILES string of the molecule is O=C(c1ccc2[nH]ccc2c1)N1CCCCC(c2ccc(F)cc2)C1. The molecule has 1 atom stereocenters. The molecule has 128 valence electrons. The Balaban J connectivity index is 1.57. The van der Waals surface area contributed by atoms with Gasteiger partial charge in [-0.25, -0.2) is 4.39 Å². The van der Waals surface area contributed by atoms with Gasteiger partial charge in [0.2, 0.25) is 0 Å². The average molecular weight is 336 g/mol. The van der Waals surface area contributed by atoms with Gasteiger partial charge in [0.1, 0.15) is 5.82 Å². The summed E-state index contributed by atoms with van der Waals surface area (Å²) in [5.74, 6) is 0.130. The third-order valence-electron chi connectivity index (χ3n) is 5.10. The number of aromatic nitrogens is 1. The topological polar surface area (TPSA) is 36.1 Å². The number of halogens is 1. The lowest BCUT2D eigenvalue weighted by Crippen LogP contribution is -2.34. The Morgan fingerprint density at radius 1 is 1.08 bits per heavy atom. The Morgan fingerprint density at radius 3 is 2.76 bits per heavy atom. The summed E-state index contributed by atoms with van der Waals surface area (Å²) >= 11 is 0. The lowest BCUT2D eigenvalue weighted by Gasteiger charge is -2.25. The number of amides is 1. The molecule has 1 aromatic heterocycles. The van der Waals surface area contributed by atoms with Crippen molar-refractivity contribution in [3.8, 4) is 0 Å². The van der Waals surface area contributed by atoms with Crippen LogP contribution in [0.2, 0.25) is 0 Å². The third kappa shape index (κ3) is 3.29. The molecule has 1 amide bonds. The number of hydrogen-bond acceptors (Lipinski definition) is 1. The summed E-state index contributed by atoms with van der Waals surface area (Å²) in [6.45, 7) is 1.47. The van der Waals surface area contributed by atoms with Gasteiger partial charge in [0.05, 0.1) is 0 Å². The quantitative estimate of drug-likeness (QED) is 0.722. The molecule has 0 spiro atoms. The molecule has 1 fully saturated rings. The molecule has 0 radical (unpaired) electrons. The summed E-state index contributed by atoms with van der Waals surface area (Å²) in [4.78, 5) is 18.1. The second-order valence-corrected chi connectivity index (χ2v) is 6.78. The second kappa shape index (κ2) is 6.71. The second-order valence-electron chi connectivity index (χ2n) is 6.78. The van der Waals surface area contributed by atoms with Crippen LogP contribution in [0.25, 0.3) is 10.9 Å². The molecule has 1 saturated heterocycles. The number of aromatic amines is 1. The number of nitrogens with zero attached hydrogens (tertiary/aromatic N) is 1. The van der Waals surface area contributed by atoms with E-state index < -0.39 is 0 Å². The summed E-state index contributed by atoms with van der Waals surface area (Å²) in [7, 11) is 0. The normalized spacial score (nSPS) is 18.3. The van der Waals surface area contributed by atoms with E-state index in [-0.39, 0.29) is 17.6 Å². The first kappa shape index (κ1) is 15.9. The summed E-state index contributed by atoms with van der Waals surface area (Å²) in [6, 6.07) is 14.5. The van der Waals surface area contributed by atoms with Crippen molar-refractivity contribution < 1.29 is 9.18 Å². The van der Waals surface area contributed by atoms with E-state index in [0.717, 1.165) is 47.8 Å². The monoisotopic (exact) mass is 336 g/mol. The molecule has 4 heteroatoms. The highest BCUT2D eigenvalue weighted by atomic mass is 19.1. The number of likely N-dealkylation sites (tertiary alicyclic amines) is 1. The van der Waals surface area contributed by atoms with Crippen molar-refractivity contribution in [3.05, 3.63) is 71.7 Å². The Labute approximate surface area is 146 Å². The fourth-order valence-corrected chi connectivity index (χ4v) is 3.70. The molecule has 4 rings (SSSR count). The van der Waals surface area contributed by atoms with Crippen molar-refractivity contribution in [2.75, 3.05) is 13.1 Å². The summed E-state index contributed by atoms with van der Waals surface area (Å²) in [6.07, 6.45) is 5.01. The first-order chi connectivity index (χ1) is 12.2. The van der Waals surface area contributed by atoms with Gasteiger partial charge < -0.3 is 9.88 Å². The predicted octanol–water partition coefficient (Wildman–Crippen LogP) is 4.72. The third-order valence-corrected chi connectivity index (χ3v) is 5.10. The Hall–Kier alpha value is -2.62. The fraction of sp³-hybridized carbons (Fsp3) is 0.286. The van der Waals surface area contributed by atoms with Crippen LogP contribution in [0.1, 0.15) is 41.1 Å². The fourth-order valence-electron chi connectivity index (χ4n) is 3.70. The maximum Gasteiger partial charge on any atom is 0.253 e. The molecule has 0 bridgehead atoms. The number of H-pyrrole nitrogens is 1. The van der Waals surface area contributed by atoms with E-state index in [2.05, 4.69) is 4.98 Å². The summed E-state index contributed by atoms with van der Waals surface area (Å²) < 4.78 is 13.2. The van der Waals surface area contributed by atoms with Gasteiger partial charge in [-0.3, -0.25) is 4.79 Å². The van der Waals surface area contributed by atoms with Crippen molar-refractivity contribution in [3.63, 3.8) is 0 Å². The smallest absolute Gasteiger partial charge is 0.253 e. The molecule has 0 saturated carbocycles. The van der Waals surface area contributed by atoms with Gasteiger partial charge in [0.25, 0.3) is 5.91 Å². The van der Waals surface area contributed by atoms with E-state index >= 15 is 0 Å². The zero-order valence-corrected chi connectivity index (χ0v) is 14.0. The standard InChI is InChI=1S/C21H21FN2O/c22-19-7-4-15(5-8-19)18-3-1-2-12-24(14-18)21(25)17-6-9-20-16(13-17)10-11-23-20/h4-11,13,18,23H,1-3,12,14H2. The van der Waals surface area contributed by atoms with E-state index in [4.69, 9.17) is 0 Å². The number of nitrogens with one attached hydrogen (secondary N) is 1. The Bertz CT molecular complexity index is 884. The van der Waals surface area contributed by atoms with Crippen LogP contribution >= 0.6 is 0 Å². The van der Waals surface area contributed by atoms with Gasteiger partial charge in [-0.2, -0.15) is 0 Å². The molecule has 3 nitrogen and oxygen atoms in total. The molecule has 25 heavy (non-hydrogen) atoms. The minimum Gasteiger partial charge on any atom is -0.361 e. The number of carbonyl (C=O) groups excluding carboxylic acids is 1. The Morgan fingerprint density at radius 2 is 1.92 bits per heavy atom. The van der Waals surface area contributed by atoms with E-state index in [0.29, 0.717) is 6.54 Å².